The van der Waals surface area contributed by atoms with E-state index in [4.69, 9.17) is 4.98 Å². The van der Waals surface area contributed by atoms with Crippen molar-refractivity contribution in [3.8, 4) is 28.4 Å². The maximum Gasteiger partial charge on any atom is 0.257 e. The van der Waals surface area contributed by atoms with Gasteiger partial charge in [0.1, 0.15) is 16.9 Å². The maximum atomic E-state index is 10.5. The van der Waals surface area contributed by atoms with Crippen molar-refractivity contribution in [1.82, 2.24) is 40.4 Å². The molecule has 3 aromatic heterocycles. The van der Waals surface area contributed by atoms with Crippen LogP contribution in [0.25, 0.3) is 33.5 Å². The Morgan fingerprint density at radius 1 is 0.941 bits per heavy atom. The van der Waals surface area contributed by atoms with Crippen molar-refractivity contribution in [2.24, 2.45) is 0 Å². The fourth-order valence-corrected chi connectivity index (χ4v) is 4.25. The topological polar surface area (TPSA) is 118 Å². The number of hydrogen-bond acceptors (Lipinski definition) is 7. The number of rotatable bonds is 8. The van der Waals surface area contributed by atoms with Crippen LogP contribution in [-0.4, -0.2) is 45.5 Å². The first-order chi connectivity index (χ1) is 16.7. The molecule has 0 unspecified atom stereocenters. The molecule has 0 radical (unpaired) electrons. The highest BCUT2D eigenvalue weighted by Crippen LogP contribution is 2.31. The second-order valence-electron chi connectivity index (χ2n) is 8.23. The monoisotopic (exact) mass is 454 g/mol. The molecular formula is C25H26N8O. The zero-order chi connectivity index (χ0) is 23.5. The molecule has 5 rings (SSSR count). The number of aromatic nitrogens is 8. The van der Waals surface area contributed by atoms with E-state index >= 15 is 0 Å². The molecule has 3 heterocycles. The minimum atomic E-state index is -0.0753. The molecule has 0 saturated carbocycles. The first-order valence-corrected chi connectivity index (χ1v) is 11.6. The van der Waals surface area contributed by atoms with Gasteiger partial charge < -0.3 is 9.67 Å². The molecule has 0 saturated heterocycles. The van der Waals surface area contributed by atoms with Gasteiger partial charge in [-0.2, -0.15) is 0 Å². The summed E-state index contributed by atoms with van der Waals surface area (Å²) in [6, 6.07) is 16.4. The van der Waals surface area contributed by atoms with Gasteiger partial charge in [-0.15, -0.1) is 15.3 Å². The zero-order valence-corrected chi connectivity index (χ0v) is 19.2. The van der Waals surface area contributed by atoms with E-state index < -0.39 is 0 Å². The molecule has 0 amide bonds. The molecule has 0 atom stereocenters. The molecule has 2 N–H and O–H groups in total. The third-order valence-electron chi connectivity index (χ3n) is 6.02. The highest BCUT2D eigenvalue weighted by atomic mass is 16.3. The van der Waals surface area contributed by atoms with Crippen molar-refractivity contribution in [3.05, 3.63) is 65.6 Å². The minimum absolute atomic E-state index is 0.0753. The van der Waals surface area contributed by atoms with Crippen LogP contribution in [0.3, 0.4) is 0 Å². The predicted octanol–water partition coefficient (Wildman–Crippen LogP) is 4.33. The van der Waals surface area contributed by atoms with Crippen LogP contribution in [0.15, 0.2) is 48.5 Å². The molecule has 0 aliphatic carbocycles. The Bertz CT molecular complexity index is 1410. The van der Waals surface area contributed by atoms with E-state index in [1.54, 1.807) is 0 Å². The van der Waals surface area contributed by atoms with E-state index in [0.717, 1.165) is 58.6 Å². The molecule has 0 bridgehead atoms. The number of tetrazole rings is 1. The molecule has 9 nitrogen and oxygen atoms in total. The molecule has 0 aliphatic rings. The number of aromatic hydroxyl groups is 1. The number of aryl methyl sites for hydroxylation is 2. The molecule has 5 aromatic rings. The van der Waals surface area contributed by atoms with Crippen LogP contribution in [-0.2, 0) is 19.4 Å². The van der Waals surface area contributed by atoms with Crippen molar-refractivity contribution in [1.29, 1.82) is 0 Å². The number of nitrogens with one attached hydrogen (secondary N) is 1. The summed E-state index contributed by atoms with van der Waals surface area (Å²) in [5.41, 5.74) is 6.37. The van der Waals surface area contributed by atoms with E-state index in [-0.39, 0.29) is 5.88 Å². The van der Waals surface area contributed by atoms with Crippen LogP contribution >= 0.6 is 0 Å². The van der Waals surface area contributed by atoms with Crippen molar-refractivity contribution >= 4 is 11.0 Å². The number of H-pyrrole nitrogens is 1. The lowest BCUT2D eigenvalue weighted by Crippen LogP contribution is -2.06. The van der Waals surface area contributed by atoms with E-state index in [1.807, 2.05) is 25.1 Å². The average Bonchev–Trinajstić information content (AvgIpc) is 3.53. The van der Waals surface area contributed by atoms with Crippen LogP contribution < -0.4 is 0 Å². The van der Waals surface area contributed by atoms with Gasteiger partial charge in [0.05, 0.1) is 5.69 Å². The van der Waals surface area contributed by atoms with Crippen LogP contribution in [0.1, 0.15) is 43.8 Å². The third-order valence-corrected chi connectivity index (χ3v) is 6.02. The van der Waals surface area contributed by atoms with E-state index in [9.17, 15) is 5.11 Å². The number of fused-ring (bicyclic) bond motifs is 1. The Balaban J connectivity index is 1.51. The van der Waals surface area contributed by atoms with Crippen LogP contribution in [0, 0.1) is 0 Å². The van der Waals surface area contributed by atoms with Crippen molar-refractivity contribution in [3.63, 3.8) is 0 Å². The molecule has 34 heavy (non-hydrogen) atoms. The number of hydrogen-bond donors (Lipinski definition) is 2. The summed E-state index contributed by atoms with van der Waals surface area (Å²) < 4.78 is 2.08. The molecule has 0 spiro atoms. The van der Waals surface area contributed by atoms with Crippen molar-refractivity contribution in [2.45, 2.75) is 46.1 Å². The Morgan fingerprint density at radius 2 is 1.74 bits per heavy atom. The Labute approximate surface area is 196 Å². The smallest absolute Gasteiger partial charge is 0.257 e. The van der Waals surface area contributed by atoms with Gasteiger partial charge in [-0.05, 0) is 40.0 Å². The Kier molecular flexibility index (Phi) is 5.99. The maximum absolute atomic E-state index is 10.5. The summed E-state index contributed by atoms with van der Waals surface area (Å²) in [5.74, 6) is 1.51. The number of nitrogens with zero attached hydrogens (tertiary/aromatic N) is 7. The predicted molar refractivity (Wildman–Crippen MR) is 129 cm³/mol. The summed E-state index contributed by atoms with van der Waals surface area (Å²) in [4.78, 5) is 4.86. The minimum Gasteiger partial charge on any atom is -0.491 e. The van der Waals surface area contributed by atoms with Gasteiger partial charge in [-0.1, -0.05) is 68.8 Å². The molecular weight excluding hydrogens is 428 g/mol. The largest absolute Gasteiger partial charge is 0.491 e. The lowest BCUT2D eigenvalue weighted by molar-refractivity contribution is 0.447. The lowest BCUT2D eigenvalue weighted by atomic mass is 9.98. The highest BCUT2D eigenvalue weighted by Gasteiger charge is 2.19. The van der Waals surface area contributed by atoms with Crippen molar-refractivity contribution < 1.29 is 5.11 Å². The van der Waals surface area contributed by atoms with Crippen molar-refractivity contribution in [2.75, 3.05) is 0 Å². The van der Waals surface area contributed by atoms with Gasteiger partial charge in [0.2, 0.25) is 0 Å². The first-order valence-electron chi connectivity index (χ1n) is 11.6. The third kappa shape index (κ3) is 4.00. The van der Waals surface area contributed by atoms with Gasteiger partial charge in [-0.3, -0.25) is 0 Å². The van der Waals surface area contributed by atoms with Crippen LogP contribution in [0.2, 0.25) is 0 Å². The quantitative estimate of drug-likeness (QED) is 0.358. The summed E-state index contributed by atoms with van der Waals surface area (Å²) in [7, 11) is 0. The highest BCUT2D eigenvalue weighted by molar-refractivity contribution is 5.83. The fraction of sp³-hybridized carbons (Fsp3) is 0.280. The summed E-state index contributed by atoms with van der Waals surface area (Å²) in [6.07, 6.45) is 3.65. The van der Waals surface area contributed by atoms with Crippen LogP contribution in [0.4, 0.5) is 0 Å². The van der Waals surface area contributed by atoms with Gasteiger partial charge in [0.15, 0.2) is 5.82 Å². The second kappa shape index (κ2) is 9.38. The lowest BCUT2D eigenvalue weighted by Gasteiger charge is -2.12. The van der Waals surface area contributed by atoms with E-state index in [0.29, 0.717) is 24.3 Å². The number of imidazole rings is 1. The Hall–Kier alpha value is -4.14. The van der Waals surface area contributed by atoms with E-state index in [1.165, 1.54) is 0 Å². The number of benzene rings is 2. The first kappa shape index (κ1) is 21.7. The molecule has 9 heteroatoms. The number of unbranched alkanes of at least 4 members (excludes halogenated alkanes) is 1. The van der Waals surface area contributed by atoms with Gasteiger partial charge in [0, 0.05) is 18.5 Å². The van der Waals surface area contributed by atoms with E-state index in [2.05, 4.69) is 72.6 Å². The molecule has 0 aliphatic heterocycles. The molecule has 2 aromatic carbocycles. The SMILES string of the molecule is CCCCc1nc2c(CC)nnc(O)c2n1Cc1ccc(-c2ccccc2-c2nnn[nH]2)cc1. The molecule has 172 valence electrons. The summed E-state index contributed by atoms with van der Waals surface area (Å²) in [5, 5.41) is 33.0. The zero-order valence-electron chi connectivity index (χ0n) is 19.2. The van der Waals surface area contributed by atoms with Gasteiger partial charge >= 0.3 is 0 Å². The summed E-state index contributed by atoms with van der Waals surface area (Å²) >= 11 is 0. The normalized spacial score (nSPS) is 11.4. The standard InChI is InChI=1S/C25H26N8O/c1-3-5-10-21-26-22-20(4-2)27-30-25(34)23(22)33(21)15-16-11-13-17(14-12-16)18-8-6-7-9-19(18)24-28-31-32-29-24/h6-9,11-14H,3-5,10,15H2,1-2H3,(H,30,34)(H,28,29,31,32). The summed E-state index contributed by atoms with van der Waals surface area (Å²) in [6.45, 7) is 4.78. The van der Waals surface area contributed by atoms with Crippen LogP contribution in [0.5, 0.6) is 5.88 Å². The molecule has 0 fully saturated rings. The van der Waals surface area contributed by atoms with Gasteiger partial charge in [0.25, 0.3) is 5.88 Å². The van der Waals surface area contributed by atoms with Gasteiger partial charge in [-0.25, -0.2) is 10.1 Å². The Morgan fingerprint density at radius 3 is 2.44 bits per heavy atom. The number of aromatic amines is 1. The average molecular weight is 455 g/mol. The second-order valence-corrected chi connectivity index (χ2v) is 8.23. The fourth-order valence-electron chi connectivity index (χ4n) is 4.25.